The first-order chi connectivity index (χ1) is 19.9. The van der Waals surface area contributed by atoms with Gasteiger partial charge in [-0.2, -0.15) is 0 Å². The highest BCUT2D eigenvalue weighted by Crippen LogP contribution is 2.25. The lowest BCUT2D eigenvalue weighted by Crippen LogP contribution is -2.48. The number of piperidine rings is 1. The predicted octanol–water partition coefficient (Wildman–Crippen LogP) is 4.34. The molecule has 42 heavy (non-hydrogen) atoms. The summed E-state index contributed by atoms with van der Waals surface area (Å²) in [5.74, 6) is -1.25. The zero-order valence-corrected chi connectivity index (χ0v) is 25.0. The Kier molecular flexibility index (Phi) is 10.1. The van der Waals surface area contributed by atoms with Crippen LogP contribution in [0.1, 0.15) is 56.1 Å². The molecule has 1 aliphatic heterocycles. The molecule has 3 aromatic rings. The van der Waals surface area contributed by atoms with Crippen molar-refractivity contribution in [2.45, 2.75) is 63.1 Å². The Labute approximate surface area is 247 Å². The fourth-order valence-electron chi connectivity index (χ4n) is 4.97. The fourth-order valence-corrected chi connectivity index (χ4v) is 6.39. The molecule has 1 atom stereocenters. The van der Waals surface area contributed by atoms with Crippen LogP contribution in [-0.2, 0) is 21.4 Å². The number of rotatable bonds is 10. The van der Waals surface area contributed by atoms with Gasteiger partial charge in [-0.25, -0.2) is 22.5 Å². The minimum absolute atomic E-state index is 0.0383. The van der Waals surface area contributed by atoms with Crippen molar-refractivity contribution in [3.8, 4) is 0 Å². The van der Waals surface area contributed by atoms with Crippen LogP contribution in [0, 0.1) is 11.7 Å². The number of benzene rings is 2. The van der Waals surface area contributed by atoms with Gasteiger partial charge in [-0.05, 0) is 101 Å². The highest BCUT2D eigenvalue weighted by Gasteiger charge is 2.34. The molecule has 0 radical (unpaired) electrons. The summed E-state index contributed by atoms with van der Waals surface area (Å²) in [6, 6.07) is 16.9. The third-order valence-electron chi connectivity index (χ3n) is 6.97. The second-order valence-corrected chi connectivity index (χ2v) is 13.3. The topological polar surface area (TPSA) is 121 Å². The summed E-state index contributed by atoms with van der Waals surface area (Å²) in [7, 11) is -3.75. The van der Waals surface area contributed by atoms with Crippen molar-refractivity contribution in [2.24, 2.45) is 5.92 Å². The molecule has 9 nitrogen and oxygen atoms in total. The van der Waals surface area contributed by atoms with Crippen molar-refractivity contribution >= 4 is 27.5 Å². The van der Waals surface area contributed by atoms with Crippen LogP contribution in [-0.4, -0.2) is 54.8 Å². The molecular weight excluding hydrogens is 557 g/mol. The van der Waals surface area contributed by atoms with Crippen LogP contribution in [0.25, 0.3) is 0 Å². The molecule has 0 spiro atoms. The monoisotopic (exact) mass is 595 g/mol. The zero-order valence-electron chi connectivity index (χ0n) is 24.1. The SMILES string of the molecule is CC(C)(C)NS(=O)(=O)c1ccc(NC(=O)[C@H](CC2CCNCC2)N(Cc2ccccc2)C(=O)c2ccc(F)cn2)cc1. The van der Waals surface area contributed by atoms with Crippen LogP contribution in [0.4, 0.5) is 10.1 Å². The summed E-state index contributed by atoms with van der Waals surface area (Å²) in [5.41, 5.74) is 0.618. The number of halogens is 1. The molecule has 1 saturated heterocycles. The van der Waals surface area contributed by atoms with E-state index in [4.69, 9.17) is 0 Å². The number of hydrogen-bond acceptors (Lipinski definition) is 6. The molecule has 0 saturated carbocycles. The lowest BCUT2D eigenvalue weighted by Gasteiger charge is -2.34. The molecule has 1 fully saturated rings. The van der Waals surface area contributed by atoms with Crippen molar-refractivity contribution < 1.29 is 22.4 Å². The molecule has 0 unspecified atom stereocenters. The molecule has 3 N–H and O–H groups in total. The minimum Gasteiger partial charge on any atom is -0.324 e. The third kappa shape index (κ3) is 8.67. The highest BCUT2D eigenvalue weighted by molar-refractivity contribution is 7.89. The van der Waals surface area contributed by atoms with Crippen LogP contribution in [0.3, 0.4) is 0 Å². The Morgan fingerprint density at radius 2 is 1.69 bits per heavy atom. The number of aromatic nitrogens is 1. The van der Waals surface area contributed by atoms with Gasteiger partial charge in [0.05, 0.1) is 11.1 Å². The average Bonchev–Trinajstić information content (AvgIpc) is 2.95. The minimum atomic E-state index is -3.75. The summed E-state index contributed by atoms with van der Waals surface area (Å²) >= 11 is 0. The Morgan fingerprint density at radius 3 is 2.29 bits per heavy atom. The van der Waals surface area contributed by atoms with Gasteiger partial charge in [0, 0.05) is 17.8 Å². The van der Waals surface area contributed by atoms with E-state index in [0.29, 0.717) is 12.1 Å². The molecule has 11 heteroatoms. The molecule has 2 amide bonds. The molecule has 224 valence electrons. The van der Waals surface area contributed by atoms with Gasteiger partial charge in [-0.15, -0.1) is 0 Å². The van der Waals surface area contributed by atoms with Gasteiger partial charge >= 0.3 is 0 Å². The van der Waals surface area contributed by atoms with E-state index in [1.807, 2.05) is 30.3 Å². The van der Waals surface area contributed by atoms with Gasteiger partial charge in [0.25, 0.3) is 5.91 Å². The average molecular weight is 596 g/mol. The van der Waals surface area contributed by atoms with E-state index in [1.54, 1.807) is 20.8 Å². The summed E-state index contributed by atoms with van der Waals surface area (Å²) in [6.45, 7) is 7.06. The van der Waals surface area contributed by atoms with Crippen molar-refractivity contribution in [3.63, 3.8) is 0 Å². The molecule has 2 aromatic carbocycles. The summed E-state index contributed by atoms with van der Waals surface area (Å²) < 4.78 is 41.7. The number of anilines is 1. The van der Waals surface area contributed by atoms with Gasteiger partial charge < -0.3 is 15.5 Å². The number of hydrogen-bond donors (Lipinski definition) is 3. The Bertz CT molecular complexity index is 1450. The molecular formula is C31H38FN5O4S. The van der Waals surface area contributed by atoms with E-state index in [9.17, 15) is 22.4 Å². The Hall–Kier alpha value is -3.67. The van der Waals surface area contributed by atoms with E-state index in [0.717, 1.165) is 37.7 Å². The Morgan fingerprint density at radius 1 is 1.02 bits per heavy atom. The van der Waals surface area contributed by atoms with Crippen LogP contribution in [0.5, 0.6) is 0 Å². The van der Waals surface area contributed by atoms with Crippen molar-refractivity contribution in [3.05, 3.63) is 90.0 Å². The van der Waals surface area contributed by atoms with Crippen molar-refractivity contribution in [2.75, 3.05) is 18.4 Å². The smallest absolute Gasteiger partial charge is 0.273 e. The number of pyridine rings is 1. The maximum Gasteiger partial charge on any atom is 0.273 e. The van der Waals surface area contributed by atoms with Crippen LogP contribution in [0.2, 0.25) is 0 Å². The summed E-state index contributed by atoms with van der Waals surface area (Å²) in [6.07, 6.45) is 3.13. The normalized spacial score (nSPS) is 15.1. The molecule has 1 aromatic heterocycles. The first-order valence-electron chi connectivity index (χ1n) is 14.0. The number of carbonyl (C=O) groups excluding carboxylic acids is 2. The lowest BCUT2D eigenvalue weighted by atomic mass is 9.89. The van der Waals surface area contributed by atoms with E-state index < -0.39 is 39.2 Å². The van der Waals surface area contributed by atoms with E-state index in [1.165, 1.54) is 41.3 Å². The van der Waals surface area contributed by atoms with Gasteiger partial charge in [0.1, 0.15) is 17.6 Å². The first-order valence-corrected chi connectivity index (χ1v) is 15.5. The van der Waals surface area contributed by atoms with Crippen LogP contribution in [0.15, 0.2) is 77.8 Å². The number of amides is 2. The van der Waals surface area contributed by atoms with E-state index in [-0.39, 0.29) is 23.1 Å². The number of sulfonamides is 1. The van der Waals surface area contributed by atoms with Crippen LogP contribution >= 0.6 is 0 Å². The number of carbonyl (C=O) groups is 2. The molecule has 1 aliphatic rings. The van der Waals surface area contributed by atoms with Crippen molar-refractivity contribution in [1.29, 1.82) is 0 Å². The number of nitrogens with zero attached hydrogens (tertiary/aromatic N) is 2. The van der Waals surface area contributed by atoms with Gasteiger partial charge in [-0.1, -0.05) is 30.3 Å². The van der Waals surface area contributed by atoms with Gasteiger partial charge in [0.15, 0.2) is 0 Å². The van der Waals surface area contributed by atoms with E-state index in [2.05, 4.69) is 20.3 Å². The second kappa shape index (κ2) is 13.5. The Balaban J connectivity index is 1.64. The third-order valence-corrected chi connectivity index (χ3v) is 8.74. The fraction of sp³-hybridized carbons (Fsp3) is 0.387. The molecule has 0 aliphatic carbocycles. The van der Waals surface area contributed by atoms with E-state index >= 15 is 0 Å². The first kappa shape index (κ1) is 31.3. The largest absolute Gasteiger partial charge is 0.324 e. The van der Waals surface area contributed by atoms with Gasteiger partial charge in [0.2, 0.25) is 15.9 Å². The standard InChI is InChI=1S/C31H38FN5O4S/c1-31(2,3)36-42(40,41)26-12-10-25(11-13-26)35-29(38)28(19-22-15-17-33-18-16-22)37(21-23-7-5-4-6-8-23)30(39)27-14-9-24(32)20-34-27/h4-14,20,22,28,33,36H,15-19,21H2,1-3H3,(H,35,38)/t28-/m0/s1. The maximum atomic E-state index is 13.9. The molecule has 4 rings (SSSR count). The lowest BCUT2D eigenvalue weighted by molar-refractivity contribution is -0.121. The highest BCUT2D eigenvalue weighted by atomic mass is 32.2. The maximum absolute atomic E-state index is 13.9. The summed E-state index contributed by atoms with van der Waals surface area (Å²) in [5, 5.41) is 6.23. The molecule has 2 heterocycles. The van der Waals surface area contributed by atoms with Gasteiger partial charge in [-0.3, -0.25) is 9.59 Å². The van der Waals surface area contributed by atoms with Crippen molar-refractivity contribution in [1.82, 2.24) is 19.9 Å². The zero-order chi connectivity index (χ0) is 30.3. The summed E-state index contributed by atoms with van der Waals surface area (Å²) in [4.78, 5) is 33.4. The second-order valence-electron chi connectivity index (χ2n) is 11.6. The number of nitrogens with one attached hydrogen (secondary N) is 3. The predicted molar refractivity (Wildman–Crippen MR) is 160 cm³/mol. The quantitative estimate of drug-likeness (QED) is 0.321. The molecule has 0 bridgehead atoms. The van der Waals surface area contributed by atoms with Crippen LogP contribution < -0.4 is 15.4 Å².